The van der Waals surface area contributed by atoms with E-state index in [1.807, 2.05) is 0 Å². The third-order valence-corrected chi connectivity index (χ3v) is 13.5. The number of nitrogens with one attached hydrogen (secondary N) is 5. The number of carboxylic acids is 1. The SMILES string of the molecule is COC(=O)CCC(NC(=O)C(Cc1cn(C)c2ccc(F)cc12)NC(=O)c1ccc(-c2c3cc(F)c(=O)cc-3oc3cc(O)c(F)cc23)c(C(=O)O)c1)C(=O)NC(Cc1cnc[nH]1)C(=O)NC(CC(=O)OC)C(=O)COC(=O)c1ccccc1. The highest BCUT2D eigenvalue weighted by atomic mass is 19.1. The lowest BCUT2D eigenvalue weighted by Crippen LogP contribution is -2.58. The second kappa shape index (κ2) is 25.9. The molecule has 1 aliphatic heterocycles. The molecule has 0 spiro atoms. The predicted molar refractivity (Wildman–Crippen MR) is 289 cm³/mol. The zero-order valence-corrected chi connectivity index (χ0v) is 44.6. The highest BCUT2D eigenvalue weighted by Crippen LogP contribution is 2.43. The molecule has 4 unspecified atom stereocenters. The monoisotopic (exact) mass is 1160 g/mol. The van der Waals surface area contributed by atoms with E-state index >= 15 is 0 Å². The number of H-pyrrole nitrogens is 1. The van der Waals surface area contributed by atoms with Crippen LogP contribution in [0.3, 0.4) is 0 Å². The standard InChI is InChI=1S/C58H50F3N7O16/c1-68-25-30(34-17-31(59)10-13-44(34)68)16-42(66-53(74)29-9-11-33(35(15-29)57(78)79)52-36-19-38(60)45(69)22-48(36)84-49-23-46(70)39(61)20-37(49)52)55(76)64-40(12-14-50(72)81-2)54(75)67-43(18-32-24-62-27-63-32)56(77)65-41(21-51(73)82-3)47(71)26-83-58(80)28-7-5-4-6-8-28/h4-11,13,15,17,19-20,22-25,27,40-43,69H,12,14,16,18,21,26H2,1-3H3,(H,62,63)(H,64,76)(H,65,77)(H,66,74)(H,67,75)(H,78,79). The molecule has 4 atom stereocenters. The van der Waals surface area contributed by atoms with Crippen LogP contribution in [0.4, 0.5) is 13.2 Å². The van der Waals surface area contributed by atoms with Crippen LogP contribution in [0.15, 0.2) is 119 Å². The molecule has 0 fully saturated rings. The van der Waals surface area contributed by atoms with Crippen molar-refractivity contribution in [3.05, 3.63) is 165 Å². The third-order valence-electron chi connectivity index (χ3n) is 13.5. The number of Topliss-reactive ketones (excluding diaryl/α,β-unsaturated/α-hetero) is 1. The number of benzene rings is 5. The number of carboxylic acid groups (broad SMARTS) is 1. The summed E-state index contributed by atoms with van der Waals surface area (Å²) in [5.74, 6) is -14.0. The summed E-state index contributed by atoms with van der Waals surface area (Å²) >= 11 is 0. The van der Waals surface area contributed by atoms with E-state index in [0.717, 1.165) is 56.7 Å². The number of fused-ring (bicyclic) bond motifs is 3. The van der Waals surface area contributed by atoms with Crippen LogP contribution in [0.5, 0.6) is 5.75 Å². The van der Waals surface area contributed by atoms with Crippen LogP contribution in [0, 0.1) is 17.5 Å². The van der Waals surface area contributed by atoms with Crippen LogP contribution in [-0.4, -0.2) is 123 Å². The smallest absolute Gasteiger partial charge is 0.338 e. The Morgan fingerprint density at radius 3 is 2.11 bits per heavy atom. The minimum Gasteiger partial charge on any atom is -0.505 e. The Balaban J connectivity index is 1.12. The molecule has 4 amide bonds. The van der Waals surface area contributed by atoms with Gasteiger partial charge in [-0.15, -0.1) is 0 Å². The molecule has 2 aromatic heterocycles. The lowest BCUT2D eigenvalue weighted by Gasteiger charge is -2.26. The number of methoxy groups -OCH3 is 2. The summed E-state index contributed by atoms with van der Waals surface area (Å²) in [6, 6.07) is 11.0. The van der Waals surface area contributed by atoms with E-state index in [-0.39, 0.29) is 56.7 Å². The van der Waals surface area contributed by atoms with Crippen molar-refractivity contribution in [3.8, 4) is 28.2 Å². The number of phenolic OH excluding ortho intramolecular Hbond substituents is 1. The van der Waals surface area contributed by atoms with Gasteiger partial charge in [-0.25, -0.2) is 27.7 Å². The number of nitrogens with zero attached hydrogens (tertiary/aromatic N) is 2. The van der Waals surface area contributed by atoms with Crippen molar-refractivity contribution in [2.75, 3.05) is 20.8 Å². The van der Waals surface area contributed by atoms with Crippen LogP contribution in [0.1, 0.15) is 61.6 Å². The Bertz CT molecular complexity index is 3920. The van der Waals surface area contributed by atoms with Gasteiger partial charge >= 0.3 is 23.9 Å². The van der Waals surface area contributed by atoms with Gasteiger partial charge in [0.15, 0.2) is 29.8 Å². The van der Waals surface area contributed by atoms with E-state index < -0.39 is 150 Å². The number of ether oxygens (including phenoxy) is 3. The second-order valence-corrected chi connectivity index (χ2v) is 19.0. The number of imidazole rings is 1. The summed E-state index contributed by atoms with van der Waals surface area (Å²) in [5, 5.41) is 30.9. The molecule has 8 rings (SSSR count). The molecule has 434 valence electrons. The van der Waals surface area contributed by atoms with Crippen molar-refractivity contribution >= 4 is 75.2 Å². The Kier molecular flexibility index (Phi) is 18.3. The number of carbonyl (C=O) groups excluding carboxylic acids is 8. The van der Waals surface area contributed by atoms with E-state index in [2.05, 4.69) is 31.2 Å². The maximum absolute atomic E-state index is 15.0. The predicted octanol–water partition coefficient (Wildman–Crippen LogP) is 4.58. The number of aromatic hydroxyl groups is 1. The molecular weight excluding hydrogens is 1110 g/mol. The third kappa shape index (κ3) is 13.7. The molecule has 0 bridgehead atoms. The molecule has 0 saturated heterocycles. The van der Waals surface area contributed by atoms with Gasteiger partial charge in [-0.1, -0.05) is 24.3 Å². The lowest BCUT2D eigenvalue weighted by atomic mass is 9.89. The van der Waals surface area contributed by atoms with Crippen LogP contribution < -0.4 is 26.7 Å². The van der Waals surface area contributed by atoms with Crippen LogP contribution in [0.25, 0.3) is 44.3 Å². The summed E-state index contributed by atoms with van der Waals surface area (Å²) in [7, 11) is 3.71. The normalized spacial score (nSPS) is 12.6. The van der Waals surface area contributed by atoms with Crippen LogP contribution in [-0.2, 0) is 62.9 Å². The topological polar surface area (TPSA) is 334 Å². The van der Waals surface area contributed by atoms with E-state index in [0.29, 0.717) is 10.9 Å². The summed E-state index contributed by atoms with van der Waals surface area (Å²) in [5.41, 5.74) is -1.86. The highest BCUT2D eigenvalue weighted by molar-refractivity contribution is 6.10. The van der Waals surface area contributed by atoms with Gasteiger partial charge in [0.25, 0.3) is 5.91 Å². The summed E-state index contributed by atoms with van der Waals surface area (Å²) < 4.78 is 66.8. The molecule has 7 N–H and O–H groups in total. The first-order valence-electron chi connectivity index (χ1n) is 25.4. The fourth-order valence-electron chi connectivity index (χ4n) is 9.22. The minimum absolute atomic E-state index is 0.101. The maximum atomic E-state index is 15.0. The molecule has 0 saturated carbocycles. The van der Waals surface area contributed by atoms with Crippen molar-refractivity contribution in [2.24, 2.45) is 7.05 Å². The number of aryl methyl sites for hydroxylation is 1. The fourth-order valence-corrected chi connectivity index (χ4v) is 9.22. The average molecular weight is 1160 g/mol. The van der Waals surface area contributed by atoms with Gasteiger partial charge in [0.2, 0.25) is 23.2 Å². The average Bonchev–Trinajstić information content (AvgIpc) is 2.03. The zero-order chi connectivity index (χ0) is 60.5. The van der Waals surface area contributed by atoms with Crippen LogP contribution in [0.2, 0.25) is 0 Å². The van der Waals surface area contributed by atoms with E-state index in [9.17, 15) is 71.3 Å². The number of amides is 4. The second-order valence-electron chi connectivity index (χ2n) is 19.0. The number of halogens is 3. The molecule has 23 nitrogen and oxygen atoms in total. The summed E-state index contributed by atoms with van der Waals surface area (Å²) in [4.78, 5) is 142. The lowest BCUT2D eigenvalue weighted by molar-refractivity contribution is -0.144. The molecule has 2 aliphatic rings. The van der Waals surface area contributed by atoms with Crippen molar-refractivity contribution in [1.29, 1.82) is 0 Å². The summed E-state index contributed by atoms with van der Waals surface area (Å²) in [6.45, 7) is -0.909. The number of aromatic nitrogens is 3. The molecule has 0 radical (unpaired) electrons. The van der Waals surface area contributed by atoms with E-state index in [1.165, 1.54) is 42.9 Å². The molecular formula is C58H50F3N7O16. The maximum Gasteiger partial charge on any atom is 0.338 e. The Labute approximate surface area is 472 Å². The number of aromatic carboxylic acids is 1. The first-order valence-corrected chi connectivity index (χ1v) is 25.4. The number of ketones is 1. The van der Waals surface area contributed by atoms with Crippen molar-refractivity contribution in [1.82, 2.24) is 35.8 Å². The summed E-state index contributed by atoms with van der Waals surface area (Å²) in [6.07, 6.45) is 1.53. The number of aromatic amines is 1. The minimum atomic E-state index is -1.75. The fraction of sp³-hybridized carbons (Fsp3) is 0.224. The van der Waals surface area contributed by atoms with E-state index in [1.54, 1.807) is 36.0 Å². The number of hydrogen-bond acceptors (Lipinski definition) is 16. The molecule has 4 aromatic carbocycles. The number of hydrogen-bond donors (Lipinski definition) is 7. The number of carbonyl (C=O) groups is 9. The Hall–Kier alpha value is -10.7. The zero-order valence-electron chi connectivity index (χ0n) is 44.6. The van der Waals surface area contributed by atoms with Gasteiger partial charge in [-0.2, -0.15) is 0 Å². The van der Waals surface area contributed by atoms with Gasteiger partial charge in [0.05, 0.1) is 38.1 Å². The first-order chi connectivity index (χ1) is 40.1. The molecule has 84 heavy (non-hydrogen) atoms. The Morgan fingerprint density at radius 2 is 1.42 bits per heavy atom. The van der Waals surface area contributed by atoms with Gasteiger partial charge < -0.3 is 59.7 Å². The first kappa shape index (κ1) is 59.5. The van der Waals surface area contributed by atoms with Crippen molar-refractivity contribution in [2.45, 2.75) is 56.3 Å². The van der Waals surface area contributed by atoms with Gasteiger partial charge in [-0.05, 0) is 72.1 Å². The highest BCUT2D eigenvalue weighted by Gasteiger charge is 2.35. The molecule has 1 aliphatic carbocycles. The van der Waals surface area contributed by atoms with Gasteiger partial charge in [-0.3, -0.25) is 38.4 Å². The molecule has 3 heterocycles. The van der Waals surface area contributed by atoms with Gasteiger partial charge in [0, 0.05) is 89.5 Å². The number of phenols is 1. The Morgan fingerprint density at radius 1 is 0.726 bits per heavy atom. The quantitative estimate of drug-likeness (QED) is 0.0262. The molecule has 6 aromatic rings. The largest absolute Gasteiger partial charge is 0.505 e. The molecule has 26 heteroatoms. The number of rotatable bonds is 23. The van der Waals surface area contributed by atoms with Gasteiger partial charge in [0.1, 0.15) is 41.3 Å². The van der Waals surface area contributed by atoms with Crippen molar-refractivity contribution < 1.29 is 85.2 Å². The van der Waals surface area contributed by atoms with Crippen LogP contribution >= 0.6 is 0 Å². The van der Waals surface area contributed by atoms with Crippen molar-refractivity contribution in [3.63, 3.8) is 0 Å². The van der Waals surface area contributed by atoms with E-state index in [4.69, 9.17) is 18.6 Å². The number of esters is 3.